The third-order valence-electron chi connectivity index (χ3n) is 2.94. The number of fused-ring (bicyclic) bond motifs is 1. The maximum absolute atomic E-state index is 3.45. The van der Waals surface area contributed by atoms with Crippen LogP contribution < -0.4 is 5.32 Å². The molecule has 0 spiro atoms. The summed E-state index contributed by atoms with van der Waals surface area (Å²) in [5.41, 5.74) is 3.22. The number of nitrogens with one attached hydrogen (secondary N) is 2. The minimum atomic E-state index is 0.352. The van der Waals surface area contributed by atoms with Gasteiger partial charge in [-0.05, 0) is 17.0 Å². The van der Waals surface area contributed by atoms with Crippen LogP contribution in [-0.4, -0.2) is 11.5 Å². The Bertz CT molecular complexity index is 293. The summed E-state index contributed by atoms with van der Waals surface area (Å²) in [5, 5.41) is 3.45. The Balaban J connectivity index is 2.35. The zero-order valence-corrected chi connectivity index (χ0v) is 8.65. The van der Waals surface area contributed by atoms with E-state index in [1.807, 2.05) is 0 Å². The smallest absolute Gasteiger partial charge is 0.0360 e. The van der Waals surface area contributed by atoms with Crippen molar-refractivity contribution in [1.82, 2.24) is 10.3 Å². The number of aromatic nitrogens is 1. The number of aromatic amines is 1. The van der Waals surface area contributed by atoms with Gasteiger partial charge < -0.3 is 10.3 Å². The maximum Gasteiger partial charge on any atom is 0.0360 e. The van der Waals surface area contributed by atoms with Gasteiger partial charge in [-0.2, -0.15) is 0 Å². The molecule has 2 heterocycles. The van der Waals surface area contributed by atoms with E-state index in [-0.39, 0.29) is 0 Å². The normalized spacial score (nSPS) is 22.8. The Hall–Kier alpha value is -0.760. The average molecular weight is 178 g/mol. The molecule has 0 saturated carbocycles. The van der Waals surface area contributed by atoms with E-state index in [9.17, 15) is 0 Å². The molecule has 2 rings (SSSR count). The van der Waals surface area contributed by atoms with Gasteiger partial charge in [0.05, 0.1) is 0 Å². The van der Waals surface area contributed by atoms with Gasteiger partial charge in [0.1, 0.15) is 0 Å². The molecule has 1 aliphatic heterocycles. The van der Waals surface area contributed by atoms with Gasteiger partial charge in [-0.3, -0.25) is 0 Å². The second kappa shape index (κ2) is 2.88. The summed E-state index contributed by atoms with van der Waals surface area (Å²) in [6.45, 7) is 9.02. The Morgan fingerprint density at radius 1 is 1.38 bits per heavy atom. The van der Waals surface area contributed by atoms with E-state index in [0.717, 1.165) is 13.1 Å². The van der Waals surface area contributed by atoms with Crippen molar-refractivity contribution >= 4 is 0 Å². The van der Waals surface area contributed by atoms with Gasteiger partial charge in [0.2, 0.25) is 0 Å². The minimum absolute atomic E-state index is 0.352. The van der Waals surface area contributed by atoms with Crippen LogP contribution in [0.25, 0.3) is 0 Å². The third-order valence-corrected chi connectivity index (χ3v) is 2.94. The van der Waals surface area contributed by atoms with Crippen molar-refractivity contribution in [2.45, 2.75) is 33.2 Å². The first-order valence-electron chi connectivity index (χ1n) is 4.96. The molecule has 72 valence electrons. The molecule has 1 aromatic heterocycles. The zero-order valence-electron chi connectivity index (χ0n) is 8.65. The van der Waals surface area contributed by atoms with E-state index in [0.29, 0.717) is 11.3 Å². The second-order valence-corrected chi connectivity index (χ2v) is 4.96. The Kier molecular flexibility index (Phi) is 1.95. The van der Waals surface area contributed by atoms with Crippen molar-refractivity contribution in [2.24, 2.45) is 5.41 Å². The summed E-state index contributed by atoms with van der Waals surface area (Å²) in [7, 11) is 0. The van der Waals surface area contributed by atoms with Crippen LogP contribution in [0.2, 0.25) is 0 Å². The molecule has 1 atom stereocenters. The molecular weight excluding hydrogens is 160 g/mol. The van der Waals surface area contributed by atoms with Gasteiger partial charge >= 0.3 is 0 Å². The highest BCUT2D eigenvalue weighted by atomic mass is 14.9. The highest BCUT2D eigenvalue weighted by Crippen LogP contribution is 2.37. The van der Waals surface area contributed by atoms with E-state index in [1.165, 1.54) is 11.3 Å². The van der Waals surface area contributed by atoms with E-state index in [4.69, 9.17) is 0 Å². The molecule has 0 fully saturated rings. The van der Waals surface area contributed by atoms with Crippen LogP contribution in [0.5, 0.6) is 0 Å². The fourth-order valence-corrected chi connectivity index (χ4v) is 2.12. The molecule has 1 aromatic rings. The molecule has 2 heteroatoms. The first-order valence-corrected chi connectivity index (χ1v) is 4.96. The second-order valence-electron chi connectivity index (χ2n) is 4.96. The monoisotopic (exact) mass is 178 g/mol. The van der Waals surface area contributed by atoms with E-state index >= 15 is 0 Å². The highest BCUT2D eigenvalue weighted by molar-refractivity contribution is 5.29. The summed E-state index contributed by atoms with van der Waals surface area (Å²) in [6, 6.07) is 2.23. The molecule has 0 radical (unpaired) electrons. The predicted octanol–water partition coefficient (Wildman–Crippen LogP) is 2.25. The van der Waals surface area contributed by atoms with Gasteiger partial charge in [-0.15, -0.1) is 0 Å². The topological polar surface area (TPSA) is 27.8 Å². The quantitative estimate of drug-likeness (QED) is 0.626. The van der Waals surface area contributed by atoms with Crippen LogP contribution in [0.15, 0.2) is 12.3 Å². The summed E-state index contributed by atoms with van der Waals surface area (Å²) in [6.07, 6.45) is 2.05. The lowest BCUT2D eigenvalue weighted by atomic mass is 9.75. The third kappa shape index (κ3) is 1.51. The average Bonchev–Trinajstić information content (AvgIpc) is 2.48. The number of hydrogen-bond donors (Lipinski definition) is 2. The number of rotatable bonds is 0. The Morgan fingerprint density at radius 2 is 2.15 bits per heavy atom. The van der Waals surface area contributed by atoms with E-state index < -0.39 is 0 Å². The van der Waals surface area contributed by atoms with Crippen LogP contribution in [0, 0.1) is 5.41 Å². The van der Waals surface area contributed by atoms with Crippen molar-refractivity contribution in [3.05, 3.63) is 23.5 Å². The molecule has 13 heavy (non-hydrogen) atoms. The van der Waals surface area contributed by atoms with Crippen molar-refractivity contribution in [3.63, 3.8) is 0 Å². The molecule has 2 nitrogen and oxygen atoms in total. The fourth-order valence-electron chi connectivity index (χ4n) is 2.12. The van der Waals surface area contributed by atoms with Crippen molar-refractivity contribution < 1.29 is 0 Å². The molecule has 0 saturated heterocycles. The van der Waals surface area contributed by atoms with Gasteiger partial charge in [-0.1, -0.05) is 20.8 Å². The zero-order chi connectivity index (χ0) is 9.47. The summed E-state index contributed by atoms with van der Waals surface area (Å²) >= 11 is 0. The molecule has 0 aromatic carbocycles. The Morgan fingerprint density at radius 3 is 2.85 bits per heavy atom. The lowest BCUT2D eigenvalue weighted by Crippen LogP contribution is -2.34. The number of H-pyrrole nitrogens is 1. The Labute approximate surface area is 79.7 Å². The SMILES string of the molecule is CC(C)(C)C1CNCc2[nH]ccc21. The predicted molar refractivity (Wildman–Crippen MR) is 54.7 cm³/mol. The first kappa shape index (κ1) is 8.82. The van der Waals surface area contributed by atoms with Crippen molar-refractivity contribution in [1.29, 1.82) is 0 Å². The van der Waals surface area contributed by atoms with Gasteiger partial charge in [0.15, 0.2) is 0 Å². The molecule has 0 bridgehead atoms. The first-order chi connectivity index (χ1) is 6.09. The van der Waals surface area contributed by atoms with Crippen LogP contribution >= 0.6 is 0 Å². The molecule has 0 amide bonds. The van der Waals surface area contributed by atoms with Crippen LogP contribution in [0.1, 0.15) is 37.9 Å². The largest absolute Gasteiger partial charge is 0.364 e. The molecule has 1 aliphatic rings. The van der Waals surface area contributed by atoms with Crippen LogP contribution in [-0.2, 0) is 6.54 Å². The maximum atomic E-state index is 3.45. The van der Waals surface area contributed by atoms with Gasteiger partial charge in [-0.25, -0.2) is 0 Å². The van der Waals surface area contributed by atoms with Crippen LogP contribution in [0.4, 0.5) is 0 Å². The van der Waals surface area contributed by atoms with Gasteiger partial charge in [0.25, 0.3) is 0 Å². The van der Waals surface area contributed by atoms with Crippen LogP contribution in [0.3, 0.4) is 0 Å². The summed E-state index contributed by atoms with van der Waals surface area (Å²) in [4.78, 5) is 3.30. The van der Waals surface area contributed by atoms with Crippen molar-refractivity contribution in [2.75, 3.05) is 6.54 Å². The molecular formula is C11H18N2. The lowest BCUT2D eigenvalue weighted by molar-refractivity contribution is 0.295. The molecule has 1 unspecified atom stereocenters. The van der Waals surface area contributed by atoms with E-state index in [2.05, 4.69) is 43.3 Å². The van der Waals surface area contributed by atoms with Gasteiger partial charge in [0, 0.05) is 30.9 Å². The standard InChI is InChI=1S/C11H18N2/c1-11(2,3)9-6-12-7-10-8(9)4-5-13-10/h4-5,9,12-13H,6-7H2,1-3H3. The van der Waals surface area contributed by atoms with Crippen molar-refractivity contribution in [3.8, 4) is 0 Å². The summed E-state index contributed by atoms with van der Waals surface area (Å²) in [5.74, 6) is 0.641. The summed E-state index contributed by atoms with van der Waals surface area (Å²) < 4.78 is 0. The highest BCUT2D eigenvalue weighted by Gasteiger charge is 2.30. The fraction of sp³-hybridized carbons (Fsp3) is 0.636. The van der Waals surface area contributed by atoms with E-state index in [1.54, 1.807) is 0 Å². The lowest BCUT2D eigenvalue weighted by Gasteiger charge is -2.34. The molecule has 2 N–H and O–H groups in total. The molecule has 0 aliphatic carbocycles. The minimum Gasteiger partial charge on any atom is -0.364 e. The number of hydrogen-bond acceptors (Lipinski definition) is 1.